The number of carbonyl (C=O) groups excluding carboxylic acids is 2. The SMILES string of the molecule is C=CC(=O)O.C=CC(=O)OC(C)(C)C.C=CN1CCCC1=O. The molecule has 0 aromatic rings. The van der Waals surface area contributed by atoms with Gasteiger partial charge in [0.05, 0.1) is 0 Å². The van der Waals surface area contributed by atoms with Crippen LogP contribution in [-0.4, -0.2) is 40.0 Å². The Morgan fingerprint density at radius 3 is 1.86 bits per heavy atom. The fourth-order valence-corrected chi connectivity index (χ4v) is 1.21. The zero-order chi connectivity index (χ0) is 17.8. The standard InChI is InChI=1S/C7H12O2.C6H9NO.C3H4O2/c1-5-6(8)9-7(2,3)4;1-2-7-5-3-4-6(7)8;1-2-3(4)5/h5H,1H2,2-4H3;2H,1,3-5H2;2H,1H2,(H,4,5). The minimum absolute atomic E-state index is 0.208. The van der Waals surface area contributed by atoms with E-state index in [9.17, 15) is 14.4 Å². The molecule has 1 N–H and O–H groups in total. The molecule has 0 aliphatic carbocycles. The Kier molecular flexibility index (Phi) is 11.3. The van der Waals surface area contributed by atoms with E-state index in [1.165, 1.54) is 0 Å². The lowest BCUT2D eigenvalue weighted by molar-refractivity contribution is -0.148. The number of hydrogen-bond donors (Lipinski definition) is 1. The summed E-state index contributed by atoms with van der Waals surface area (Å²) in [6.45, 7) is 16.0. The highest BCUT2D eigenvalue weighted by atomic mass is 16.6. The number of aliphatic carboxylic acids is 1. The number of likely N-dealkylation sites (tertiary alicyclic amines) is 1. The van der Waals surface area contributed by atoms with Gasteiger partial charge in [-0.2, -0.15) is 0 Å². The molecular weight excluding hydrogens is 286 g/mol. The Labute approximate surface area is 131 Å². The Morgan fingerprint density at radius 2 is 1.73 bits per heavy atom. The van der Waals surface area contributed by atoms with Gasteiger partial charge in [-0.25, -0.2) is 9.59 Å². The number of carboxylic acid groups (broad SMARTS) is 1. The summed E-state index contributed by atoms with van der Waals surface area (Å²) in [6.07, 6.45) is 5.28. The predicted molar refractivity (Wildman–Crippen MR) is 85.0 cm³/mol. The second-order valence-corrected chi connectivity index (χ2v) is 5.15. The predicted octanol–water partition coefficient (Wildman–Crippen LogP) is 2.52. The van der Waals surface area contributed by atoms with E-state index in [4.69, 9.17) is 9.84 Å². The third-order valence-electron chi connectivity index (χ3n) is 2.08. The van der Waals surface area contributed by atoms with E-state index >= 15 is 0 Å². The van der Waals surface area contributed by atoms with Crippen molar-refractivity contribution in [2.45, 2.75) is 39.2 Å². The van der Waals surface area contributed by atoms with Gasteiger partial charge in [-0.3, -0.25) is 4.79 Å². The normalized spacial score (nSPS) is 12.9. The van der Waals surface area contributed by atoms with E-state index in [1.54, 1.807) is 11.1 Å². The molecule has 1 aliphatic rings. The molecule has 1 amide bonds. The summed E-state index contributed by atoms with van der Waals surface area (Å²) in [5.41, 5.74) is -0.398. The first-order chi connectivity index (χ1) is 10.1. The molecule has 6 nitrogen and oxygen atoms in total. The van der Waals surface area contributed by atoms with Crippen LogP contribution in [0.1, 0.15) is 33.6 Å². The average Bonchev–Trinajstić information content (AvgIpc) is 2.83. The van der Waals surface area contributed by atoms with Crippen molar-refractivity contribution in [1.82, 2.24) is 4.90 Å². The molecule has 0 bridgehead atoms. The zero-order valence-corrected chi connectivity index (χ0v) is 13.5. The van der Waals surface area contributed by atoms with Crippen molar-refractivity contribution in [2.75, 3.05) is 6.54 Å². The molecule has 0 aromatic heterocycles. The first-order valence-electron chi connectivity index (χ1n) is 6.70. The smallest absolute Gasteiger partial charge is 0.330 e. The van der Waals surface area contributed by atoms with Crippen molar-refractivity contribution < 1.29 is 24.2 Å². The topological polar surface area (TPSA) is 83.9 Å². The Bertz CT molecular complexity index is 421. The maximum absolute atomic E-state index is 10.7. The first kappa shape index (κ1) is 21.9. The van der Waals surface area contributed by atoms with Crippen molar-refractivity contribution in [1.29, 1.82) is 0 Å². The number of esters is 1. The summed E-state index contributed by atoms with van der Waals surface area (Å²) in [6, 6.07) is 0. The van der Waals surface area contributed by atoms with Crippen LogP contribution in [0.25, 0.3) is 0 Å². The lowest BCUT2D eigenvalue weighted by atomic mass is 10.2. The highest BCUT2D eigenvalue weighted by molar-refractivity contribution is 5.81. The lowest BCUT2D eigenvalue weighted by Gasteiger charge is -2.17. The lowest BCUT2D eigenvalue weighted by Crippen LogP contribution is -2.22. The molecule has 0 radical (unpaired) electrons. The average molecular weight is 311 g/mol. The molecule has 0 unspecified atom stereocenters. The number of ether oxygens (including phenoxy) is 1. The maximum Gasteiger partial charge on any atom is 0.330 e. The fraction of sp³-hybridized carbons (Fsp3) is 0.438. The van der Waals surface area contributed by atoms with Crippen LogP contribution in [0.2, 0.25) is 0 Å². The van der Waals surface area contributed by atoms with Crippen LogP contribution >= 0.6 is 0 Å². The summed E-state index contributed by atoms with van der Waals surface area (Å²) < 4.78 is 4.83. The highest BCUT2D eigenvalue weighted by Crippen LogP contribution is 2.08. The third-order valence-corrected chi connectivity index (χ3v) is 2.08. The zero-order valence-electron chi connectivity index (χ0n) is 13.5. The largest absolute Gasteiger partial charge is 0.478 e. The molecule has 0 atom stereocenters. The van der Waals surface area contributed by atoms with Gasteiger partial charge in [0, 0.05) is 25.1 Å². The summed E-state index contributed by atoms with van der Waals surface area (Å²) in [5, 5.41) is 7.60. The van der Waals surface area contributed by atoms with Gasteiger partial charge in [0.15, 0.2) is 0 Å². The van der Waals surface area contributed by atoms with Crippen LogP contribution in [0.5, 0.6) is 0 Å². The Morgan fingerprint density at radius 1 is 1.23 bits per heavy atom. The van der Waals surface area contributed by atoms with Gasteiger partial charge in [-0.15, -0.1) is 0 Å². The number of carboxylic acids is 1. The third kappa shape index (κ3) is 14.0. The molecule has 0 spiro atoms. The van der Waals surface area contributed by atoms with Gasteiger partial charge in [0.1, 0.15) is 5.60 Å². The van der Waals surface area contributed by atoms with Crippen molar-refractivity contribution in [2.24, 2.45) is 0 Å². The summed E-state index contributed by atoms with van der Waals surface area (Å²) in [4.78, 5) is 32.0. The van der Waals surface area contributed by atoms with E-state index in [1.807, 2.05) is 20.8 Å². The molecule has 1 heterocycles. The van der Waals surface area contributed by atoms with Gasteiger partial charge >= 0.3 is 11.9 Å². The number of carbonyl (C=O) groups is 3. The monoisotopic (exact) mass is 311 g/mol. The van der Waals surface area contributed by atoms with Gasteiger partial charge in [0.25, 0.3) is 0 Å². The van der Waals surface area contributed by atoms with E-state index in [0.717, 1.165) is 25.1 Å². The Hall–Kier alpha value is -2.37. The van der Waals surface area contributed by atoms with E-state index in [0.29, 0.717) is 6.42 Å². The Balaban J connectivity index is 0. The van der Waals surface area contributed by atoms with Crippen LogP contribution in [0.15, 0.2) is 38.1 Å². The van der Waals surface area contributed by atoms with Crippen LogP contribution in [-0.2, 0) is 19.1 Å². The number of hydrogen-bond acceptors (Lipinski definition) is 4. The fourth-order valence-electron chi connectivity index (χ4n) is 1.21. The van der Waals surface area contributed by atoms with Crippen molar-refractivity contribution in [3.8, 4) is 0 Å². The molecule has 0 saturated carbocycles. The molecule has 1 aliphatic heterocycles. The quantitative estimate of drug-likeness (QED) is 0.639. The minimum Gasteiger partial charge on any atom is -0.478 e. The molecular formula is C16H25NO5. The second kappa shape index (κ2) is 11.3. The van der Waals surface area contributed by atoms with Crippen molar-refractivity contribution in [3.05, 3.63) is 38.1 Å². The summed E-state index contributed by atoms with van der Waals surface area (Å²) in [5.74, 6) is -1.15. The van der Waals surface area contributed by atoms with Crippen LogP contribution in [0, 0.1) is 0 Å². The van der Waals surface area contributed by atoms with Gasteiger partial charge < -0.3 is 14.7 Å². The van der Waals surface area contributed by atoms with Crippen LogP contribution < -0.4 is 0 Å². The molecule has 1 saturated heterocycles. The maximum atomic E-state index is 10.7. The van der Waals surface area contributed by atoms with Gasteiger partial charge in [-0.1, -0.05) is 19.7 Å². The van der Waals surface area contributed by atoms with Crippen molar-refractivity contribution in [3.63, 3.8) is 0 Å². The minimum atomic E-state index is -0.981. The molecule has 1 fully saturated rings. The van der Waals surface area contributed by atoms with E-state index in [2.05, 4.69) is 19.7 Å². The molecule has 0 aromatic carbocycles. The number of amides is 1. The molecule has 124 valence electrons. The molecule has 6 heteroatoms. The second-order valence-electron chi connectivity index (χ2n) is 5.15. The summed E-state index contributed by atoms with van der Waals surface area (Å²) in [7, 11) is 0. The molecule has 1 rings (SSSR count). The number of rotatable bonds is 3. The van der Waals surface area contributed by atoms with Gasteiger partial charge in [-0.05, 0) is 33.4 Å². The molecule has 22 heavy (non-hydrogen) atoms. The first-order valence-corrected chi connectivity index (χ1v) is 6.70. The highest BCUT2D eigenvalue weighted by Gasteiger charge is 2.16. The van der Waals surface area contributed by atoms with E-state index < -0.39 is 11.6 Å². The number of nitrogens with zero attached hydrogens (tertiary/aromatic N) is 1. The van der Waals surface area contributed by atoms with Crippen LogP contribution in [0.4, 0.5) is 0 Å². The van der Waals surface area contributed by atoms with Gasteiger partial charge in [0.2, 0.25) is 5.91 Å². The van der Waals surface area contributed by atoms with Crippen molar-refractivity contribution >= 4 is 17.8 Å². The summed E-state index contributed by atoms with van der Waals surface area (Å²) >= 11 is 0. The van der Waals surface area contributed by atoms with E-state index in [-0.39, 0.29) is 11.9 Å². The van der Waals surface area contributed by atoms with Crippen LogP contribution in [0.3, 0.4) is 0 Å².